The number of hydrogen-bond acceptors (Lipinski definition) is 1. The van der Waals surface area contributed by atoms with E-state index >= 15 is 0 Å². The molecule has 0 bridgehead atoms. The highest BCUT2D eigenvalue weighted by molar-refractivity contribution is 5.15. The number of aromatic nitrogens is 1. The van der Waals surface area contributed by atoms with Crippen LogP contribution in [0.1, 0.15) is 12.0 Å². The zero-order valence-corrected chi connectivity index (χ0v) is 10.5. The van der Waals surface area contributed by atoms with Crippen LogP contribution in [0.25, 0.3) is 0 Å². The summed E-state index contributed by atoms with van der Waals surface area (Å²) < 4.78 is 1.97. The van der Waals surface area contributed by atoms with Gasteiger partial charge in [-0.15, -0.1) is 6.58 Å². The molecule has 0 aliphatic carbocycles. The van der Waals surface area contributed by atoms with Gasteiger partial charge in [-0.1, -0.05) is 47.2 Å². The average Bonchev–Trinajstić information content (AvgIpc) is 2.45. The molecule has 92 valence electrons. The van der Waals surface area contributed by atoms with Crippen LogP contribution >= 0.6 is 0 Å². The van der Waals surface area contributed by atoms with Gasteiger partial charge >= 0.3 is 0 Å². The van der Waals surface area contributed by atoms with Crippen molar-refractivity contribution < 1.29 is 4.68 Å². The molecule has 0 radical (unpaired) electrons. The molecule has 18 heavy (non-hydrogen) atoms. The molecular weight excluding hydrogens is 220 g/mol. The van der Waals surface area contributed by atoms with Crippen LogP contribution in [0.2, 0.25) is 0 Å². The number of nitrogens with zero attached hydrogens (tertiary/aromatic N) is 1. The normalized spacial score (nSPS) is 11.8. The summed E-state index contributed by atoms with van der Waals surface area (Å²) in [6.45, 7) is 3.89. The number of pyridine rings is 1. The van der Waals surface area contributed by atoms with Crippen molar-refractivity contribution >= 4 is 0 Å². The van der Waals surface area contributed by atoms with Gasteiger partial charge in [0.2, 0.25) is 0 Å². The molecule has 0 fully saturated rings. The van der Waals surface area contributed by atoms with Crippen molar-refractivity contribution in [2.45, 2.75) is 18.9 Å². The van der Waals surface area contributed by atoms with Crippen LogP contribution in [-0.2, 0) is 6.42 Å². The molecule has 0 aliphatic rings. The highest BCUT2D eigenvalue weighted by Gasteiger charge is 2.08. The van der Waals surface area contributed by atoms with Crippen molar-refractivity contribution in [2.24, 2.45) is 0 Å². The minimum absolute atomic E-state index is 0.276. The molecule has 0 amide bonds. The van der Waals surface area contributed by atoms with Crippen LogP contribution < -0.4 is 10.1 Å². The second kappa shape index (κ2) is 6.60. The van der Waals surface area contributed by atoms with Crippen molar-refractivity contribution in [1.82, 2.24) is 0 Å². The zero-order chi connectivity index (χ0) is 12.6. The number of aryl methyl sites for hydroxylation is 1. The molecule has 1 atom stereocenters. The lowest BCUT2D eigenvalue weighted by molar-refractivity contribution is -0.652. The second-order valence-electron chi connectivity index (χ2n) is 4.28. The minimum atomic E-state index is 0.276. The fourth-order valence-corrected chi connectivity index (χ4v) is 1.88. The summed E-state index contributed by atoms with van der Waals surface area (Å²) in [7, 11) is 0. The number of benzene rings is 1. The van der Waals surface area contributed by atoms with E-state index in [-0.39, 0.29) is 6.04 Å². The second-order valence-corrected chi connectivity index (χ2v) is 4.28. The smallest absolute Gasteiger partial charge is 0.186 e. The predicted molar refractivity (Wildman–Crippen MR) is 74.7 cm³/mol. The van der Waals surface area contributed by atoms with Crippen LogP contribution in [0.15, 0.2) is 73.6 Å². The number of nitrogens with one attached hydrogen (secondary N) is 1. The van der Waals surface area contributed by atoms with Gasteiger partial charge in [-0.2, -0.15) is 5.43 Å². The van der Waals surface area contributed by atoms with Crippen LogP contribution in [0, 0.1) is 0 Å². The summed E-state index contributed by atoms with van der Waals surface area (Å²) in [5.41, 5.74) is 4.76. The highest BCUT2D eigenvalue weighted by atomic mass is 15.4. The largest absolute Gasteiger partial charge is 0.199 e. The molecule has 0 spiro atoms. The van der Waals surface area contributed by atoms with Gasteiger partial charge in [0.05, 0.1) is 6.04 Å². The monoisotopic (exact) mass is 239 g/mol. The maximum Gasteiger partial charge on any atom is 0.199 e. The molecule has 0 unspecified atom stereocenters. The van der Waals surface area contributed by atoms with Crippen LogP contribution in [0.4, 0.5) is 0 Å². The summed E-state index contributed by atoms with van der Waals surface area (Å²) in [6.07, 6.45) is 8.05. The fraction of sp³-hybridized carbons (Fsp3) is 0.188. The molecular formula is C16H19N2+. The Balaban J connectivity index is 1.88. The van der Waals surface area contributed by atoms with E-state index in [1.807, 2.05) is 47.4 Å². The minimum Gasteiger partial charge on any atom is -0.186 e. The van der Waals surface area contributed by atoms with Gasteiger partial charge in [-0.25, -0.2) is 0 Å². The van der Waals surface area contributed by atoms with E-state index in [4.69, 9.17) is 0 Å². The fourth-order valence-electron chi connectivity index (χ4n) is 1.88. The Kier molecular flexibility index (Phi) is 4.53. The van der Waals surface area contributed by atoms with E-state index in [2.05, 4.69) is 36.3 Å². The van der Waals surface area contributed by atoms with Crippen molar-refractivity contribution in [3.63, 3.8) is 0 Å². The zero-order valence-electron chi connectivity index (χ0n) is 10.5. The first-order valence-corrected chi connectivity index (χ1v) is 6.28. The first kappa shape index (κ1) is 12.4. The summed E-state index contributed by atoms with van der Waals surface area (Å²) in [4.78, 5) is 0. The molecule has 2 rings (SSSR count). The first-order valence-electron chi connectivity index (χ1n) is 6.28. The van der Waals surface area contributed by atoms with Gasteiger partial charge in [-0.05, 0) is 18.4 Å². The molecule has 1 aromatic carbocycles. The number of rotatable bonds is 6. The molecule has 0 aliphatic heterocycles. The third-order valence-corrected chi connectivity index (χ3v) is 2.90. The van der Waals surface area contributed by atoms with Crippen LogP contribution in [0.3, 0.4) is 0 Å². The van der Waals surface area contributed by atoms with E-state index in [0.29, 0.717) is 0 Å². The molecule has 2 heteroatoms. The Morgan fingerprint density at radius 3 is 2.39 bits per heavy atom. The van der Waals surface area contributed by atoms with Gasteiger partial charge in [0.15, 0.2) is 12.4 Å². The molecule has 0 saturated carbocycles. The van der Waals surface area contributed by atoms with Gasteiger partial charge < -0.3 is 0 Å². The van der Waals surface area contributed by atoms with E-state index in [9.17, 15) is 0 Å². The topological polar surface area (TPSA) is 15.9 Å². The predicted octanol–water partition coefficient (Wildman–Crippen LogP) is 2.71. The van der Waals surface area contributed by atoms with Crippen molar-refractivity contribution in [2.75, 3.05) is 5.43 Å². The van der Waals surface area contributed by atoms with E-state index in [0.717, 1.165) is 12.8 Å². The summed E-state index contributed by atoms with van der Waals surface area (Å²) >= 11 is 0. The van der Waals surface area contributed by atoms with E-state index in [1.54, 1.807) is 0 Å². The molecule has 2 nitrogen and oxygen atoms in total. The van der Waals surface area contributed by atoms with Gasteiger partial charge in [0.1, 0.15) is 0 Å². The Morgan fingerprint density at radius 1 is 1.06 bits per heavy atom. The van der Waals surface area contributed by atoms with Gasteiger partial charge in [0, 0.05) is 12.1 Å². The molecule has 2 aromatic rings. The third kappa shape index (κ3) is 3.74. The first-order chi connectivity index (χ1) is 8.88. The standard InChI is InChI=1S/C16H19N2/c1-2-16(17-18-13-7-4-8-14-18)12-11-15-9-5-3-6-10-15/h2-10,13-14,16-17H,1,11-12H2/q+1/t16-/m0/s1. The van der Waals surface area contributed by atoms with Crippen molar-refractivity contribution in [1.29, 1.82) is 0 Å². The molecule has 1 N–H and O–H groups in total. The molecule has 1 heterocycles. The van der Waals surface area contributed by atoms with Crippen molar-refractivity contribution in [3.8, 4) is 0 Å². The quantitative estimate of drug-likeness (QED) is 0.605. The lowest BCUT2D eigenvalue weighted by atomic mass is 10.1. The van der Waals surface area contributed by atoms with Gasteiger partial charge in [-0.3, -0.25) is 0 Å². The number of hydrogen-bond donors (Lipinski definition) is 1. The molecule has 1 aromatic heterocycles. The molecule has 0 saturated heterocycles. The summed E-state index contributed by atoms with van der Waals surface area (Å²) in [5.74, 6) is 0. The lowest BCUT2D eigenvalue weighted by Gasteiger charge is -2.10. The maximum absolute atomic E-state index is 3.89. The maximum atomic E-state index is 3.89. The lowest BCUT2D eigenvalue weighted by Crippen LogP contribution is -2.49. The Bertz CT molecular complexity index is 465. The summed E-state index contributed by atoms with van der Waals surface area (Å²) in [5, 5.41) is 0. The van der Waals surface area contributed by atoms with Crippen LogP contribution in [0.5, 0.6) is 0 Å². The summed E-state index contributed by atoms with van der Waals surface area (Å²) in [6, 6.07) is 16.8. The van der Waals surface area contributed by atoms with Crippen molar-refractivity contribution in [3.05, 3.63) is 79.1 Å². The Labute approximate surface area is 109 Å². The highest BCUT2D eigenvalue weighted by Crippen LogP contribution is 2.05. The van der Waals surface area contributed by atoms with E-state index < -0.39 is 0 Å². The third-order valence-electron chi connectivity index (χ3n) is 2.90. The Hall–Kier alpha value is -2.09. The van der Waals surface area contributed by atoms with Gasteiger partial charge in [0.25, 0.3) is 0 Å². The Morgan fingerprint density at radius 2 is 1.72 bits per heavy atom. The van der Waals surface area contributed by atoms with E-state index in [1.165, 1.54) is 5.56 Å². The average molecular weight is 239 g/mol. The SMILES string of the molecule is C=C[C@@H](CCc1ccccc1)N[n+]1ccccc1. The van der Waals surface area contributed by atoms with Crippen LogP contribution in [-0.4, -0.2) is 6.04 Å².